The monoisotopic (exact) mass is 475 g/mol. The van der Waals surface area contributed by atoms with Crippen molar-refractivity contribution in [3.63, 3.8) is 0 Å². The molecule has 1 aromatic carbocycles. The average Bonchev–Trinajstić information content (AvgIpc) is 2.69. The van der Waals surface area contributed by atoms with Crippen LogP contribution in [0.3, 0.4) is 0 Å². The van der Waals surface area contributed by atoms with Crippen LogP contribution in [-0.4, -0.2) is 58.2 Å². The number of ether oxygens (including phenoxy) is 1. The van der Waals surface area contributed by atoms with E-state index in [1.165, 1.54) is 0 Å². The van der Waals surface area contributed by atoms with Gasteiger partial charge in [-0.3, -0.25) is 9.59 Å². The van der Waals surface area contributed by atoms with Crippen LogP contribution in [0.15, 0.2) is 24.3 Å². The van der Waals surface area contributed by atoms with E-state index in [-0.39, 0.29) is 18.0 Å². The molecule has 0 aliphatic heterocycles. The van der Waals surface area contributed by atoms with Crippen LogP contribution in [0.25, 0.3) is 0 Å². The van der Waals surface area contributed by atoms with Crippen LogP contribution < -0.4 is 10.6 Å². The van der Waals surface area contributed by atoms with Crippen molar-refractivity contribution < 1.29 is 24.2 Å². The predicted octanol–water partition coefficient (Wildman–Crippen LogP) is 3.61. The molecule has 3 N–H and O–H groups in total. The minimum Gasteiger partial charge on any atom is -0.444 e. The smallest absolute Gasteiger partial charge is 0.408 e. The maximum Gasteiger partial charge on any atom is 0.408 e. The second-order valence-electron chi connectivity index (χ2n) is 10.2. The molecule has 0 radical (unpaired) electrons. The Hall–Kier alpha value is -2.61. The zero-order valence-corrected chi connectivity index (χ0v) is 21.4. The molecule has 0 saturated heterocycles. The average molecular weight is 476 g/mol. The number of alkyl carbamates (subject to hydrolysis) is 1. The third-order valence-electron chi connectivity index (χ3n) is 5.92. The van der Waals surface area contributed by atoms with Gasteiger partial charge in [-0.2, -0.15) is 0 Å². The van der Waals surface area contributed by atoms with Gasteiger partial charge < -0.3 is 25.4 Å². The van der Waals surface area contributed by atoms with Crippen molar-refractivity contribution >= 4 is 17.9 Å². The van der Waals surface area contributed by atoms with Crippen LogP contribution in [0.1, 0.15) is 83.9 Å². The molecule has 3 unspecified atom stereocenters. The summed E-state index contributed by atoms with van der Waals surface area (Å²) >= 11 is 0. The second kappa shape index (κ2) is 12.2. The molecule has 34 heavy (non-hydrogen) atoms. The van der Waals surface area contributed by atoms with Gasteiger partial charge in [0.25, 0.3) is 0 Å². The van der Waals surface area contributed by atoms with Crippen molar-refractivity contribution in [2.75, 3.05) is 6.61 Å². The normalized spacial score (nSPS) is 16.6. The zero-order chi connectivity index (χ0) is 25.5. The summed E-state index contributed by atoms with van der Waals surface area (Å²) in [6.45, 7) is 10.5. The molecular formula is C26H41N3O5. The number of aryl methyl sites for hydroxylation is 1. The summed E-state index contributed by atoms with van der Waals surface area (Å²) in [5, 5.41) is 15.5. The van der Waals surface area contributed by atoms with Crippen LogP contribution >= 0.6 is 0 Å². The molecule has 1 aliphatic carbocycles. The molecule has 2 rings (SSSR count). The van der Waals surface area contributed by atoms with Gasteiger partial charge in [-0.05, 0) is 65.9 Å². The van der Waals surface area contributed by atoms with Crippen molar-refractivity contribution in [2.45, 2.75) is 103 Å². The van der Waals surface area contributed by atoms with E-state index < -0.39 is 36.3 Å². The number of carbonyl (C=O) groups is 3. The highest BCUT2D eigenvalue weighted by molar-refractivity contribution is 5.92. The van der Waals surface area contributed by atoms with Gasteiger partial charge in [-0.1, -0.05) is 43.2 Å². The van der Waals surface area contributed by atoms with E-state index in [0.29, 0.717) is 5.56 Å². The number of aliphatic hydroxyl groups excluding tert-OH is 1. The molecule has 0 aromatic heterocycles. The molecule has 0 heterocycles. The maximum absolute atomic E-state index is 13.7. The molecule has 1 aliphatic rings. The van der Waals surface area contributed by atoms with E-state index in [2.05, 4.69) is 17.6 Å². The standard InChI is InChI=1S/C26H41N3O5/c1-7-9-18(3)27-23(31)22(19-14-12-17(2)13-15-19)29(20-10-8-11-20)24(32)21(16-30)28-25(33)34-26(4,5)6/h12-15,18,20-22,30H,7-11,16H2,1-6H3,(H,27,31)(H,28,33). The Morgan fingerprint density at radius 3 is 2.24 bits per heavy atom. The first kappa shape index (κ1) is 27.6. The first-order valence-electron chi connectivity index (χ1n) is 12.3. The minimum absolute atomic E-state index is 0.0441. The molecule has 8 heteroatoms. The van der Waals surface area contributed by atoms with Crippen LogP contribution in [0.2, 0.25) is 0 Å². The predicted molar refractivity (Wildman–Crippen MR) is 131 cm³/mol. The van der Waals surface area contributed by atoms with Gasteiger partial charge in [0.05, 0.1) is 6.61 Å². The molecule has 3 amide bonds. The van der Waals surface area contributed by atoms with Crippen LogP contribution in [0, 0.1) is 6.92 Å². The highest BCUT2D eigenvalue weighted by atomic mass is 16.6. The minimum atomic E-state index is -1.22. The summed E-state index contributed by atoms with van der Waals surface area (Å²) in [6.07, 6.45) is 3.43. The molecule has 0 spiro atoms. The fraction of sp³-hybridized carbons (Fsp3) is 0.654. The van der Waals surface area contributed by atoms with E-state index in [1.807, 2.05) is 38.1 Å². The van der Waals surface area contributed by atoms with Gasteiger partial charge >= 0.3 is 6.09 Å². The number of benzene rings is 1. The molecule has 1 saturated carbocycles. The van der Waals surface area contributed by atoms with E-state index in [4.69, 9.17) is 4.74 Å². The summed E-state index contributed by atoms with van der Waals surface area (Å²) in [7, 11) is 0. The number of rotatable bonds is 10. The van der Waals surface area contributed by atoms with Crippen LogP contribution in [0.5, 0.6) is 0 Å². The summed E-state index contributed by atoms with van der Waals surface area (Å²) in [5.41, 5.74) is 0.991. The van der Waals surface area contributed by atoms with Crippen LogP contribution in [0.4, 0.5) is 4.79 Å². The number of aliphatic hydroxyl groups is 1. The van der Waals surface area contributed by atoms with Gasteiger partial charge in [0.1, 0.15) is 17.7 Å². The lowest BCUT2D eigenvalue weighted by Crippen LogP contribution is -2.58. The summed E-state index contributed by atoms with van der Waals surface area (Å²) < 4.78 is 5.27. The Morgan fingerprint density at radius 1 is 1.15 bits per heavy atom. The quantitative estimate of drug-likeness (QED) is 0.479. The molecule has 8 nitrogen and oxygen atoms in total. The Bertz CT molecular complexity index is 830. The third kappa shape index (κ3) is 7.72. The molecule has 1 aromatic rings. The van der Waals surface area contributed by atoms with E-state index >= 15 is 0 Å². The number of amides is 3. The van der Waals surface area contributed by atoms with Crippen molar-refractivity contribution in [1.29, 1.82) is 0 Å². The number of hydrogen-bond donors (Lipinski definition) is 3. The number of nitrogens with one attached hydrogen (secondary N) is 2. The fourth-order valence-electron chi connectivity index (χ4n) is 4.01. The highest BCUT2D eigenvalue weighted by Gasteiger charge is 2.42. The Morgan fingerprint density at radius 2 is 1.76 bits per heavy atom. The third-order valence-corrected chi connectivity index (χ3v) is 5.92. The number of nitrogens with zero attached hydrogens (tertiary/aromatic N) is 1. The Labute approximate surface area is 203 Å². The lowest BCUT2D eigenvalue weighted by molar-refractivity contribution is -0.148. The van der Waals surface area contributed by atoms with Gasteiger partial charge in [0, 0.05) is 12.1 Å². The van der Waals surface area contributed by atoms with Crippen LogP contribution in [-0.2, 0) is 14.3 Å². The largest absolute Gasteiger partial charge is 0.444 e. The van der Waals surface area contributed by atoms with E-state index in [9.17, 15) is 19.5 Å². The topological polar surface area (TPSA) is 108 Å². The second-order valence-corrected chi connectivity index (χ2v) is 10.2. The molecule has 190 valence electrons. The van der Waals surface area contributed by atoms with Gasteiger partial charge in [-0.25, -0.2) is 4.79 Å². The van der Waals surface area contributed by atoms with Gasteiger partial charge in [0.15, 0.2) is 0 Å². The molecular weight excluding hydrogens is 434 g/mol. The van der Waals surface area contributed by atoms with E-state index in [0.717, 1.165) is 37.7 Å². The van der Waals surface area contributed by atoms with Crippen molar-refractivity contribution in [1.82, 2.24) is 15.5 Å². The summed E-state index contributed by atoms with van der Waals surface area (Å²) in [5.74, 6) is -0.763. The SMILES string of the molecule is CCCC(C)NC(=O)C(c1ccc(C)cc1)N(C(=O)C(CO)NC(=O)OC(C)(C)C)C1CCC1. The fourth-order valence-corrected chi connectivity index (χ4v) is 4.01. The van der Waals surface area contributed by atoms with Crippen molar-refractivity contribution in [2.24, 2.45) is 0 Å². The van der Waals surface area contributed by atoms with Crippen molar-refractivity contribution in [3.05, 3.63) is 35.4 Å². The molecule has 3 atom stereocenters. The van der Waals surface area contributed by atoms with Gasteiger partial charge in [0.2, 0.25) is 11.8 Å². The number of carbonyl (C=O) groups excluding carboxylic acids is 3. The first-order valence-corrected chi connectivity index (χ1v) is 12.3. The highest BCUT2D eigenvalue weighted by Crippen LogP contribution is 2.34. The molecule has 1 fully saturated rings. The Balaban J connectivity index is 2.40. The summed E-state index contributed by atoms with van der Waals surface area (Å²) in [6, 6.07) is 5.26. The van der Waals surface area contributed by atoms with Crippen molar-refractivity contribution in [3.8, 4) is 0 Å². The first-order chi connectivity index (χ1) is 16.0. The Kier molecular flexibility index (Phi) is 9.91. The lowest BCUT2D eigenvalue weighted by Gasteiger charge is -2.43. The number of hydrogen-bond acceptors (Lipinski definition) is 5. The molecule has 0 bridgehead atoms. The maximum atomic E-state index is 13.7. The zero-order valence-electron chi connectivity index (χ0n) is 21.4. The lowest BCUT2D eigenvalue weighted by atomic mass is 9.88. The summed E-state index contributed by atoms with van der Waals surface area (Å²) in [4.78, 5) is 41.2. The van der Waals surface area contributed by atoms with E-state index in [1.54, 1.807) is 25.7 Å². The van der Waals surface area contributed by atoms with Gasteiger partial charge in [-0.15, -0.1) is 0 Å².